The van der Waals surface area contributed by atoms with Gasteiger partial charge in [-0.1, -0.05) is 22.6 Å². The Balaban J connectivity index is 2.82. The minimum Gasteiger partial charge on any atom is -0.305 e. The number of rotatable bonds is 3. The number of alkyl halides is 1. The van der Waals surface area contributed by atoms with Gasteiger partial charge in [0.05, 0.1) is 5.88 Å². The summed E-state index contributed by atoms with van der Waals surface area (Å²) in [7, 11) is 0. The monoisotopic (exact) mass is 235 g/mol. The second kappa shape index (κ2) is 4.95. The summed E-state index contributed by atoms with van der Waals surface area (Å²) in [5.41, 5.74) is 0. The van der Waals surface area contributed by atoms with E-state index < -0.39 is 11.1 Å². The Kier molecular flexibility index (Phi) is 5.51. The maximum absolute atomic E-state index is 9.80. The molecule has 0 aliphatic rings. The SMILES string of the molecule is O=S(O)CNCI. The van der Waals surface area contributed by atoms with Gasteiger partial charge in [0.2, 0.25) is 0 Å². The molecule has 44 valence electrons. The van der Waals surface area contributed by atoms with Crippen LogP contribution >= 0.6 is 22.6 Å². The van der Waals surface area contributed by atoms with Crippen LogP contribution in [0.25, 0.3) is 0 Å². The van der Waals surface area contributed by atoms with Gasteiger partial charge in [0.1, 0.15) is 0 Å². The van der Waals surface area contributed by atoms with Crippen molar-refractivity contribution in [1.82, 2.24) is 5.32 Å². The third kappa shape index (κ3) is 6.80. The second-order valence-corrected chi connectivity index (χ2v) is 2.54. The van der Waals surface area contributed by atoms with Crippen LogP contribution in [-0.4, -0.2) is 19.2 Å². The first-order chi connectivity index (χ1) is 3.27. The van der Waals surface area contributed by atoms with E-state index in [-0.39, 0.29) is 5.88 Å². The van der Waals surface area contributed by atoms with E-state index in [1.54, 1.807) is 0 Å². The molecule has 0 aromatic heterocycles. The van der Waals surface area contributed by atoms with Crippen LogP contribution in [0.3, 0.4) is 0 Å². The van der Waals surface area contributed by atoms with Crippen LogP contribution in [0.2, 0.25) is 0 Å². The fourth-order valence-electron chi connectivity index (χ4n) is 0.126. The Bertz CT molecular complexity index is 68.7. The standard InChI is InChI=1S/C2H6INO2S/c3-1-4-2-7(5)6/h4H,1-2H2,(H,5,6). The molecular formula is C2H6INO2S. The zero-order valence-electron chi connectivity index (χ0n) is 3.56. The molecule has 0 aromatic rings. The molecule has 0 saturated carbocycles. The first kappa shape index (κ1) is 7.80. The van der Waals surface area contributed by atoms with Gasteiger partial charge in [-0.15, -0.1) is 0 Å². The number of halogens is 1. The Morgan fingerprint density at radius 2 is 2.43 bits per heavy atom. The lowest BCUT2D eigenvalue weighted by Gasteiger charge is -1.90. The Labute approximate surface area is 58.3 Å². The summed E-state index contributed by atoms with van der Waals surface area (Å²) in [6, 6.07) is 0. The first-order valence-corrected chi connectivity index (χ1v) is 4.41. The highest BCUT2D eigenvalue weighted by atomic mass is 127. The molecule has 0 heterocycles. The van der Waals surface area contributed by atoms with Crippen molar-refractivity contribution < 1.29 is 8.76 Å². The average molecular weight is 235 g/mol. The molecule has 1 unspecified atom stereocenters. The molecule has 0 saturated heterocycles. The highest BCUT2D eigenvalue weighted by Crippen LogP contribution is 1.73. The molecule has 0 fully saturated rings. The molecule has 0 bridgehead atoms. The van der Waals surface area contributed by atoms with Crippen molar-refractivity contribution in [3.8, 4) is 0 Å². The topological polar surface area (TPSA) is 49.3 Å². The highest BCUT2D eigenvalue weighted by Gasteiger charge is 1.85. The summed E-state index contributed by atoms with van der Waals surface area (Å²) in [6.07, 6.45) is 0. The minimum atomic E-state index is -1.68. The lowest BCUT2D eigenvalue weighted by Crippen LogP contribution is -2.15. The van der Waals surface area contributed by atoms with Gasteiger partial charge >= 0.3 is 0 Å². The van der Waals surface area contributed by atoms with E-state index in [0.29, 0.717) is 4.55 Å². The molecule has 2 N–H and O–H groups in total. The van der Waals surface area contributed by atoms with Gasteiger partial charge in [0, 0.05) is 4.55 Å². The van der Waals surface area contributed by atoms with Gasteiger partial charge in [-0.2, -0.15) is 0 Å². The summed E-state index contributed by atoms with van der Waals surface area (Å²) in [6.45, 7) is 0. The normalized spacial score (nSPS) is 14.0. The predicted molar refractivity (Wildman–Crippen MR) is 37.7 cm³/mol. The number of nitrogens with one attached hydrogen (secondary N) is 1. The van der Waals surface area contributed by atoms with Crippen LogP contribution in [0.1, 0.15) is 0 Å². The third-order valence-electron chi connectivity index (χ3n) is 0.320. The van der Waals surface area contributed by atoms with E-state index in [1.165, 1.54) is 0 Å². The van der Waals surface area contributed by atoms with Crippen LogP contribution in [0, 0.1) is 0 Å². The molecule has 3 nitrogen and oxygen atoms in total. The summed E-state index contributed by atoms with van der Waals surface area (Å²) in [5.74, 6) is 0.170. The maximum Gasteiger partial charge on any atom is 0.167 e. The first-order valence-electron chi connectivity index (χ1n) is 1.61. The highest BCUT2D eigenvalue weighted by molar-refractivity contribution is 14.1. The van der Waals surface area contributed by atoms with Crippen molar-refractivity contribution in [3.63, 3.8) is 0 Å². The maximum atomic E-state index is 9.80. The molecule has 0 rings (SSSR count). The molecule has 0 aliphatic carbocycles. The molecule has 0 radical (unpaired) electrons. The van der Waals surface area contributed by atoms with E-state index in [2.05, 4.69) is 27.9 Å². The lowest BCUT2D eigenvalue weighted by atomic mass is 11.3. The van der Waals surface area contributed by atoms with Gasteiger partial charge in [0.25, 0.3) is 0 Å². The average Bonchev–Trinajstić information content (AvgIpc) is 1.61. The number of hydrogen-bond acceptors (Lipinski definition) is 2. The smallest absolute Gasteiger partial charge is 0.167 e. The molecule has 0 aliphatic heterocycles. The Hall–Kier alpha value is 0.800. The van der Waals surface area contributed by atoms with Crippen LogP contribution in [0.5, 0.6) is 0 Å². The van der Waals surface area contributed by atoms with Gasteiger partial charge in [0.15, 0.2) is 11.1 Å². The fourth-order valence-corrected chi connectivity index (χ4v) is 1.04. The van der Waals surface area contributed by atoms with Gasteiger partial charge in [-0.05, 0) is 0 Å². The van der Waals surface area contributed by atoms with Crippen LogP contribution in [-0.2, 0) is 11.1 Å². The van der Waals surface area contributed by atoms with Crippen molar-refractivity contribution in [2.75, 3.05) is 10.4 Å². The van der Waals surface area contributed by atoms with E-state index >= 15 is 0 Å². The summed E-state index contributed by atoms with van der Waals surface area (Å²) in [4.78, 5) is 0. The van der Waals surface area contributed by atoms with Crippen LogP contribution in [0.15, 0.2) is 0 Å². The second-order valence-electron chi connectivity index (χ2n) is 0.849. The van der Waals surface area contributed by atoms with Crippen LogP contribution in [0.4, 0.5) is 0 Å². The Morgan fingerprint density at radius 3 is 2.57 bits per heavy atom. The minimum absolute atomic E-state index is 0.170. The van der Waals surface area contributed by atoms with Crippen molar-refractivity contribution in [1.29, 1.82) is 0 Å². The Morgan fingerprint density at radius 1 is 1.86 bits per heavy atom. The summed E-state index contributed by atoms with van der Waals surface area (Å²) >= 11 is 0.383. The molecule has 5 heteroatoms. The zero-order valence-corrected chi connectivity index (χ0v) is 6.53. The molecule has 7 heavy (non-hydrogen) atoms. The van der Waals surface area contributed by atoms with E-state index in [9.17, 15) is 4.21 Å². The van der Waals surface area contributed by atoms with E-state index in [4.69, 9.17) is 4.55 Å². The third-order valence-corrected chi connectivity index (χ3v) is 1.31. The summed E-state index contributed by atoms with van der Waals surface area (Å²) < 4.78 is 18.6. The van der Waals surface area contributed by atoms with Gasteiger partial charge < -0.3 is 4.55 Å². The predicted octanol–water partition coefficient (Wildman–Crippen LogP) is 0.148. The van der Waals surface area contributed by atoms with Gasteiger partial charge in [-0.3, -0.25) is 5.32 Å². The van der Waals surface area contributed by atoms with E-state index in [1.807, 2.05) is 0 Å². The molecule has 1 atom stereocenters. The molecular weight excluding hydrogens is 229 g/mol. The van der Waals surface area contributed by atoms with Gasteiger partial charge in [-0.25, -0.2) is 4.21 Å². The van der Waals surface area contributed by atoms with Crippen molar-refractivity contribution in [2.45, 2.75) is 0 Å². The van der Waals surface area contributed by atoms with Crippen molar-refractivity contribution in [3.05, 3.63) is 0 Å². The van der Waals surface area contributed by atoms with E-state index in [0.717, 1.165) is 0 Å². The molecule has 0 spiro atoms. The molecule has 0 amide bonds. The molecule has 0 aromatic carbocycles. The quantitative estimate of drug-likeness (QED) is 0.317. The fraction of sp³-hybridized carbons (Fsp3) is 1.00. The number of hydrogen-bond donors (Lipinski definition) is 2. The lowest BCUT2D eigenvalue weighted by molar-refractivity contribution is 0.559. The largest absolute Gasteiger partial charge is 0.305 e. The van der Waals surface area contributed by atoms with Crippen molar-refractivity contribution in [2.24, 2.45) is 0 Å². The zero-order chi connectivity index (χ0) is 5.70. The summed E-state index contributed by atoms with van der Waals surface area (Å²) in [5, 5.41) is 2.68. The van der Waals surface area contributed by atoms with Crippen LogP contribution < -0.4 is 5.32 Å². The van der Waals surface area contributed by atoms with Crippen molar-refractivity contribution >= 4 is 33.7 Å².